The fourth-order valence-corrected chi connectivity index (χ4v) is 2.39. The summed E-state index contributed by atoms with van der Waals surface area (Å²) in [4.78, 5) is 2.56. The minimum absolute atomic E-state index is 0.627. The predicted octanol–water partition coefficient (Wildman–Crippen LogP) is 1.65. The summed E-state index contributed by atoms with van der Waals surface area (Å²) >= 11 is 0. The highest BCUT2D eigenvalue weighted by atomic mass is 16.5. The Labute approximate surface area is 74.9 Å². The van der Waals surface area contributed by atoms with Crippen LogP contribution in [-0.4, -0.2) is 36.7 Å². The molecule has 2 aliphatic rings. The first-order valence-corrected chi connectivity index (χ1v) is 5.09. The minimum Gasteiger partial charge on any atom is -0.380 e. The molecule has 2 rings (SSSR count). The molecule has 1 spiro atoms. The van der Waals surface area contributed by atoms with Crippen LogP contribution in [0, 0.1) is 0 Å². The number of likely N-dealkylation sites (N-methyl/N-ethyl adjacent to an activating group) is 1. The Kier molecular flexibility index (Phi) is 2.13. The van der Waals surface area contributed by atoms with Gasteiger partial charge in [-0.15, -0.1) is 0 Å². The zero-order chi connectivity index (χ0) is 8.60. The second-order valence-corrected chi connectivity index (χ2v) is 4.19. The van der Waals surface area contributed by atoms with E-state index in [1.54, 1.807) is 0 Å². The first-order valence-electron chi connectivity index (χ1n) is 5.09. The maximum atomic E-state index is 5.47. The number of likely N-dealkylation sites (tertiary alicyclic amines) is 1. The van der Waals surface area contributed by atoms with Gasteiger partial charge in [0.05, 0.1) is 6.61 Å². The molecule has 0 bridgehead atoms. The summed E-state index contributed by atoms with van der Waals surface area (Å²) in [5.41, 5.74) is 0.627. The highest BCUT2D eigenvalue weighted by Crippen LogP contribution is 2.50. The maximum absolute atomic E-state index is 5.47. The highest BCUT2D eigenvalue weighted by Gasteiger charge is 2.52. The third-order valence-electron chi connectivity index (χ3n) is 3.58. The summed E-state index contributed by atoms with van der Waals surface area (Å²) in [6, 6.07) is 0.701. The van der Waals surface area contributed by atoms with E-state index < -0.39 is 0 Å². The van der Waals surface area contributed by atoms with Crippen LogP contribution in [0.4, 0.5) is 0 Å². The van der Waals surface area contributed by atoms with Crippen molar-refractivity contribution in [1.82, 2.24) is 4.90 Å². The first-order chi connectivity index (χ1) is 5.78. The van der Waals surface area contributed by atoms with E-state index in [1.807, 2.05) is 0 Å². The molecular formula is C10H19NO. The fourth-order valence-electron chi connectivity index (χ4n) is 2.39. The van der Waals surface area contributed by atoms with Gasteiger partial charge in [0.1, 0.15) is 0 Å². The van der Waals surface area contributed by atoms with E-state index in [0.29, 0.717) is 11.6 Å². The molecule has 1 aliphatic heterocycles. The van der Waals surface area contributed by atoms with Gasteiger partial charge in [0.2, 0.25) is 0 Å². The van der Waals surface area contributed by atoms with Crippen molar-refractivity contribution >= 4 is 0 Å². The van der Waals surface area contributed by atoms with Gasteiger partial charge in [-0.2, -0.15) is 0 Å². The number of hydrogen-bond donors (Lipinski definition) is 0. The van der Waals surface area contributed by atoms with Gasteiger partial charge in [-0.1, -0.05) is 0 Å². The van der Waals surface area contributed by atoms with E-state index in [9.17, 15) is 0 Å². The molecule has 1 heterocycles. The normalized spacial score (nSPS) is 33.0. The molecule has 0 N–H and O–H groups in total. The molecule has 1 atom stereocenters. The second-order valence-electron chi connectivity index (χ2n) is 4.19. The molecule has 1 saturated carbocycles. The summed E-state index contributed by atoms with van der Waals surface area (Å²) in [5.74, 6) is 0. The molecule has 0 amide bonds. The molecule has 2 fully saturated rings. The Morgan fingerprint density at radius 1 is 1.42 bits per heavy atom. The van der Waals surface area contributed by atoms with Crippen molar-refractivity contribution in [3.8, 4) is 0 Å². The van der Waals surface area contributed by atoms with Crippen LogP contribution in [0.25, 0.3) is 0 Å². The average Bonchev–Trinajstić information content (AvgIpc) is 2.78. The average molecular weight is 169 g/mol. The van der Waals surface area contributed by atoms with Crippen LogP contribution in [0.1, 0.15) is 32.6 Å². The molecular weight excluding hydrogens is 150 g/mol. The lowest BCUT2D eigenvalue weighted by Gasteiger charge is -2.25. The van der Waals surface area contributed by atoms with Crippen molar-refractivity contribution in [3.63, 3.8) is 0 Å². The molecule has 0 radical (unpaired) electrons. The third kappa shape index (κ3) is 1.27. The van der Waals surface area contributed by atoms with Crippen LogP contribution in [0.5, 0.6) is 0 Å². The monoisotopic (exact) mass is 169 g/mol. The standard InChI is InChI=1S/C10H19NO/c1-3-12-8-9-4-5-10(6-7-10)11(9)2/h9H,3-8H2,1-2H3/t9-/m0/s1. The summed E-state index contributed by atoms with van der Waals surface area (Å²) in [6.07, 6.45) is 5.59. The maximum Gasteiger partial charge on any atom is 0.0621 e. The van der Waals surface area contributed by atoms with Crippen LogP contribution >= 0.6 is 0 Å². The van der Waals surface area contributed by atoms with Crippen LogP contribution in [-0.2, 0) is 4.74 Å². The van der Waals surface area contributed by atoms with Gasteiger partial charge in [-0.05, 0) is 39.7 Å². The summed E-state index contributed by atoms with van der Waals surface area (Å²) < 4.78 is 5.47. The fraction of sp³-hybridized carbons (Fsp3) is 1.00. The number of rotatable bonds is 3. The topological polar surface area (TPSA) is 12.5 Å². The number of nitrogens with zero attached hydrogens (tertiary/aromatic N) is 1. The first kappa shape index (κ1) is 8.52. The summed E-state index contributed by atoms with van der Waals surface area (Å²) in [5, 5.41) is 0. The molecule has 0 aromatic carbocycles. The van der Waals surface area contributed by atoms with Crippen LogP contribution in [0.15, 0.2) is 0 Å². The van der Waals surface area contributed by atoms with Gasteiger partial charge in [0, 0.05) is 18.2 Å². The molecule has 2 heteroatoms. The van der Waals surface area contributed by atoms with Crippen LogP contribution in [0.3, 0.4) is 0 Å². The van der Waals surface area contributed by atoms with E-state index in [4.69, 9.17) is 4.74 Å². The lowest BCUT2D eigenvalue weighted by Crippen LogP contribution is -2.36. The largest absolute Gasteiger partial charge is 0.380 e. The van der Waals surface area contributed by atoms with Gasteiger partial charge in [-0.3, -0.25) is 4.90 Å². The smallest absolute Gasteiger partial charge is 0.0621 e. The lowest BCUT2D eigenvalue weighted by molar-refractivity contribution is 0.0808. The van der Waals surface area contributed by atoms with E-state index in [1.165, 1.54) is 25.7 Å². The minimum atomic E-state index is 0.627. The van der Waals surface area contributed by atoms with Crippen molar-refractivity contribution in [1.29, 1.82) is 0 Å². The van der Waals surface area contributed by atoms with E-state index in [-0.39, 0.29) is 0 Å². The lowest BCUT2D eigenvalue weighted by atomic mass is 10.2. The van der Waals surface area contributed by atoms with E-state index >= 15 is 0 Å². The van der Waals surface area contributed by atoms with Crippen LogP contribution in [0.2, 0.25) is 0 Å². The Balaban J connectivity index is 1.84. The molecule has 0 aromatic rings. The van der Waals surface area contributed by atoms with E-state index in [2.05, 4.69) is 18.9 Å². The second kappa shape index (κ2) is 3.00. The third-order valence-corrected chi connectivity index (χ3v) is 3.58. The molecule has 2 nitrogen and oxygen atoms in total. The molecule has 0 unspecified atom stereocenters. The van der Waals surface area contributed by atoms with Gasteiger partial charge in [0.15, 0.2) is 0 Å². The van der Waals surface area contributed by atoms with Crippen molar-refractivity contribution in [3.05, 3.63) is 0 Å². The number of hydrogen-bond acceptors (Lipinski definition) is 2. The Morgan fingerprint density at radius 3 is 2.67 bits per heavy atom. The Morgan fingerprint density at radius 2 is 2.17 bits per heavy atom. The Hall–Kier alpha value is -0.0800. The van der Waals surface area contributed by atoms with Crippen molar-refractivity contribution in [2.75, 3.05) is 20.3 Å². The van der Waals surface area contributed by atoms with Gasteiger partial charge in [-0.25, -0.2) is 0 Å². The zero-order valence-corrected chi connectivity index (χ0v) is 8.18. The molecule has 70 valence electrons. The quantitative estimate of drug-likeness (QED) is 0.637. The molecule has 0 aromatic heterocycles. The summed E-state index contributed by atoms with van der Waals surface area (Å²) in [6.45, 7) is 3.87. The van der Waals surface area contributed by atoms with Crippen molar-refractivity contribution < 1.29 is 4.74 Å². The number of ether oxygens (including phenoxy) is 1. The SMILES string of the molecule is CCOC[C@@H]1CCC2(CC2)N1C. The van der Waals surface area contributed by atoms with Gasteiger partial charge >= 0.3 is 0 Å². The van der Waals surface area contributed by atoms with Gasteiger partial charge in [0.25, 0.3) is 0 Å². The summed E-state index contributed by atoms with van der Waals surface area (Å²) in [7, 11) is 2.27. The van der Waals surface area contributed by atoms with Gasteiger partial charge < -0.3 is 4.74 Å². The molecule has 12 heavy (non-hydrogen) atoms. The zero-order valence-electron chi connectivity index (χ0n) is 8.18. The van der Waals surface area contributed by atoms with Crippen molar-refractivity contribution in [2.45, 2.75) is 44.2 Å². The van der Waals surface area contributed by atoms with Crippen molar-refractivity contribution in [2.24, 2.45) is 0 Å². The highest BCUT2D eigenvalue weighted by molar-refractivity contribution is 5.09. The predicted molar refractivity (Wildman–Crippen MR) is 49.2 cm³/mol. The molecule has 1 saturated heterocycles. The Bertz CT molecular complexity index is 165. The van der Waals surface area contributed by atoms with Crippen LogP contribution < -0.4 is 0 Å². The van der Waals surface area contributed by atoms with E-state index in [0.717, 1.165) is 13.2 Å². The molecule has 1 aliphatic carbocycles.